The third-order valence-electron chi connectivity index (χ3n) is 7.59. The van der Waals surface area contributed by atoms with Crippen LogP contribution in [0.4, 0.5) is 8.78 Å². The number of rotatable bonds is 8. The molecule has 0 radical (unpaired) electrons. The Kier molecular flexibility index (Phi) is 8.17. The first-order chi connectivity index (χ1) is 15.4. The highest BCUT2D eigenvalue weighted by Crippen LogP contribution is 2.68. The van der Waals surface area contributed by atoms with Gasteiger partial charge < -0.3 is 0 Å². The summed E-state index contributed by atoms with van der Waals surface area (Å²) in [6.45, 7) is 8.91. The zero-order valence-corrected chi connectivity index (χ0v) is 23.5. The van der Waals surface area contributed by atoms with E-state index >= 15 is 8.78 Å². The van der Waals surface area contributed by atoms with Gasteiger partial charge in [-0.25, -0.2) is 8.78 Å². The zero-order valence-electron chi connectivity index (χ0n) is 20.2. The SMILES string of the molecule is CCCSC1(SC)c2c(F)c(F)c3c(c2CC1CCC)CC(CCC)C31SCCC(C)S1. The topological polar surface area (TPSA) is 0 Å². The largest absolute Gasteiger partial charge is 0.203 e. The smallest absolute Gasteiger partial charge is 0.164 e. The maximum absolute atomic E-state index is 16.2. The van der Waals surface area contributed by atoms with Gasteiger partial charge in [0.15, 0.2) is 11.6 Å². The second kappa shape index (κ2) is 10.2. The van der Waals surface area contributed by atoms with Gasteiger partial charge >= 0.3 is 0 Å². The summed E-state index contributed by atoms with van der Waals surface area (Å²) in [4.78, 5) is 0. The molecule has 180 valence electrons. The van der Waals surface area contributed by atoms with Crippen LogP contribution in [0, 0.1) is 23.5 Å². The van der Waals surface area contributed by atoms with Gasteiger partial charge in [0.05, 0.1) is 8.16 Å². The molecule has 5 unspecified atom stereocenters. The van der Waals surface area contributed by atoms with E-state index in [9.17, 15) is 0 Å². The van der Waals surface area contributed by atoms with Crippen molar-refractivity contribution in [3.63, 3.8) is 0 Å². The molecule has 1 aromatic rings. The summed E-state index contributed by atoms with van der Waals surface area (Å²) < 4.78 is 31.8. The average molecular weight is 517 g/mol. The number of hydrogen-bond donors (Lipinski definition) is 0. The molecule has 1 saturated heterocycles. The standard InChI is InChI=1S/C26H38F2S4/c1-6-9-17-14-19-20-15-18(10-7-2)26(31-13-11-16(4)32-26)22(20)24(28)23(27)21(19)25(17,29-5)30-12-8-3/h16-18H,6-15H2,1-5H3. The molecule has 0 N–H and O–H groups in total. The van der Waals surface area contributed by atoms with Crippen molar-refractivity contribution in [3.8, 4) is 0 Å². The normalized spacial score (nSPS) is 33.7. The highest BCUT2D eigenvalue weighted by Gasteiger charge is 2.57. The summed E-state index contributed by atoms with van der Waals surface area (Å²) in [6, 6.07) is 0. The lowest BCUT2D eigenvalue weighted by Gasteiger charge is -2.41. The third kappa shape index (κ3) is 3.89. The van der Waals surface area contributed by atoms with Crippen molar-refractivity contribution in [3.05, 3.63) is 33.9 Å². The van der Waals surface area contributed by atoms with Crippen molar-refractivity contribution in [2.75, 3.05) is 17.8 Å². The quantitative estimate of drug-likeness (QED) is 0.316. The van der Waals surface area contributed by atoms with Crippen LogP contribution in [0.5, 0.6) is 0 Å². The highest BCUT2D eigenvalue weighted by atomic mass is 32.2. The molecule has 0 saturated carbocycles. The van der Waals surface area contributed by atoms with Crippen LogP contribution in [0.15, 0.2) is 0 Å². The van der Waals surface area contributed by atoms with Gasteiger partial charge in [-0.1, -0.05) is 40.5 Å². The van der Waals surface area contributed by atoms with Crippen LogP contribution in [0.2, 0.25) is 0 Å². The van der Waals surface area contributed by atoms with Crippen molar-refractivity contribution in [2.24, 2.45) is 11.8 Å². The summed E-state index contributed by atoms with van der Waals surface area (Å²) >= 11 is 7.48. The Balaban J connectivity index is 1.93. The first kappa shape index (κ1) is 25.6. The van der Waals surface area contributed by atoms with E-state index in [1.54, 1.807) is 11.8 Å². The maximum atomic E-state index is 16.2. The van der Waals surface area contributed by atoms with Gasteiger partial charge in [0.25, 0.3) is 0 Å². The zero-order chi connectivity index (χ0) is 23.1. The Morgan fingerprint density at radius 2 is 1.56 bits per heavy atom. The van der Waals surface area contributed by atoms with Gasteiger partial charge in [-0.3, -0.25) is 0 Å². The number of halogens is 2. The molecule has 1 spiro atoms. The summed E-state index contributed by atoms with van der Waals surface area (Å²) in [7, 11) is 0. The Hall–Kier alpha value is 0.480. The molecule has 0 bridgehead atoms. The van der Waals surface area contributed by atoms with Gasteiger partial charge in [0.2, 0.25) is 0 Å². The summed E-state index contributed by atoms with van der Waals surface area (Å²) in [5.74, 6) is 1.78. The molecule has 1 aliphatic heterocycles. The van der Waals surface area contributed by atoms with Crippen molar-refractivity contribution in [2.45, 2.75) is 92.5 Å². The van der Waals surface area contributed by atoms with Gasteiger partial charge in [-0.15, -0.1) is 47.0 Å². The Morgan fingerprint density at radius 3 is 2.19 bits per heavy atom. The van der Waals surface area contributed by atoms with E-state index in [1.807, 2.05) is 35.3 Å². The fourth-order valence-electron chi connectivity index (χ4n) is 6.30. The first-order valence-corrected chi connectivity index (χ1v) is 16.5. The first-order valence-electron chi connectivity index (χ1n) is 12.4. The predicted molar refractivity (Wildman–Crippen MR) is 144 cm³/mol. The molecule has 0 aromatic heterocycles. The Labute approximate surface area is 211 Å². The van der Waals surface area contributed by atoms with Crippen LogP contribution >= 0.6 is 47.0 Å². The van der Waals surface area contributed by atoms with E-state index in [0.717, 1.165) is 74.0 Å². The van der Waals surface area contributed by atoms with E-state index in [1.165, 1.54) is 11.1 Å². The average Bonchev–Trinajstić information content (AvgIpc) is 3.25. The molecule has 0 amide bonds. The maximum Gasteiger partial charge on any atom is 0.164 e. The van der Waals surface area contributed by atoms with E-state index < -0.39 is 11.6 Å². The molecule has 5 atom stereocenters. The minimum Gasteiger partial charge on any atom is -0.203 e. The number of thioether (sulfide) groups is 4. The lowest BCUT2D eigenvalue weighted by molar-refractivity contribution is 0.440. The van der Waals surface area contributed by atoms with Crippen LogP contribution in [0.3, 0.4) is 0 Å². The molecule has 1 aromatic carbocycles. The van der Waals surface area contributed by atoms with Crippen molar-refractivity contribution >= 4 is 47.0 Å². The molecule has 1 fully saturated rings. The van der Waals surface area contributed by atoms with Gasteiger partial charge in [-0.05, 0) is 79.2 Å². The molecular weight excluding hydrogens is 479 g/mol. The van der Waals surface area contributed by atoms with Crippen molar-refractivity contribution in [1.29, 1.82) is 0 Å². The number of fused-ring (bicyclic) bond motifs is 4. The molecule has 32 heavy (non-hydrogen) atoms. The van der Waals surface area contributed by atoms with Crippen LogP contribution in [-0.2, 0) is 21.0 Å². The Morgan fingerprint density at radius 1 is 0.938 bits per heavy atom. The second-order valence-corrected chi connectivity index (χ2v) is 15.6. The molecule has 1 heterocycles. The van der Waals surface area contributed by atoms with Crippen LogP contribution in [0.25, 0.3) is 0 Å². The van der Waals surface area contributed by atoms with E-state index in [0.29, 0.717) is 17.1 Å². The fourth-order valence-corrected chi connectivity index (χ4v) is 13.6. The number of hydrogen-bond acceptors (Lipinski definition) is 4. The monoisotopic (exact) mass is 516 g/mol. The molecule has 2 aliphatic carbocycles. The minimum absolute atomic E-state index is 0.301. The van der Waals surface area contributed by atoms with E-state index in [2.05, 4.69) is 34.0 Å². The van der Waals surface area contributed by atoms with Gasteiger partial charge in [0, 0.05) is 16.4 Å². The van der Waals surface area contributed by atoms with Gasteiger partial charge in [-0.2, -0.15) is 0 Å². The fraction of sp³-hybridized carbons (Fsp3) is 0.769. The van der Waals surface area contributed by atoms with E-state index in [-0.39, 0.29) is 8.16 Å². The van der Waals surface area contributed by atoms with Crippen LogP contribution in [-0.4, -0.2) is 23.0 Å². The van der Waals surface area contributed by atoms with Gasteiger partial charge in [0.1, 0.15) is 0 Å². The van der Waals surface area contributed by atoms with Crippen molar-refractivity contribution in [1.82, 2.24) is 0 Å². The summed E-state index contributed by atoms with van der Waals surface area (Å²) in [5, 5.41) is 0.496. The molecular formula is C26H38F2S4. The molecule has 4 rings (SSSR count). The Bertz CT molecular complexity index is 844. The lowest BCUT2D eigenvalue weighted by Crippen LogP contribution is -2.32. The van der Waals surface area contributed by atoms with Crippen LogP contribution in [0.1, 0.15) is 88.5 Å². The number of benzene rings is 1. The lowest BCUT2D eigenvalue weighted by atomic mass is 9.96. The third-order valence-corrected chi connectivity index (χ3v) is 14.7. The predicted octanol–water partition coefficient (Wildman–Crippen LogP) is 8.98. The molecule has 0 nitrogen and oxygen atoms in total. The second-order valence-electron chi connectivity index (χ2n) is 9.67. The highest BCUT2D eigenvalue weighted by molar-refractivity contribution is 8.18. The van der Waals surface area contributed by atoms with Crippen LogP contribution < -0.4 is 0 Å². The summed E-state index contributed by atoms with van der Waals surface area (Å²) in [6.07, 6.45) is 10.5. The van der Waals surface area contributed by atoms with Crippen molar-refractivity contribution < 1.29 is 8.78 Å². The minimum atomic E-state index is -0.522. The van der Waals surface area contributed by atoms with E-state index in [4.69, 9.17) is 0 Å². The summed E-state index contributed by atoms with van der Waals surface area (Å²) in [5.41, 5.74) is 3.86. The molecule has 6 heteroatoms. The molecule has 3 aliphatic rings.